The van der Waals surface area contributed by atoms with Gasteiger partial charge in [-0.25, -0.2) is 0 Å². The summed E-state index contributed by atoms with van der Waals surface area (Å²) in [7, 11) is 0. The first kappa shape index (κ1) is 12.5. The summed E-state index contributed by atoms with van der Waals surface area (Å²) in [6.07, 6.45) is 0.751. The lowest BCUT2D eigenvalue weighted by Crippen LogP contribution is -2.52. The molecule has 19 heavy (non-hydrogen) atoms. The van der Waals surface area contributed by atoms with E-state index < -0.39 is 17.1 Å². The number of para-hydroxylation sites is 1. The fourth-order valence-corrected chi connectivity index (χ4v) is 3.19. The molecule has 1 fully saturated rings. The predicted molar refractivity (Wildman–Crippen MR) is 70.8 cm³/mol. The number of primary amides is 1. The van der Waals surface area contributed by atoms with Crippen LogP contribution in [-0.2, 0) is 4.79 Å². The van der Waals surface area contributed by atoms with E-state index in [0.717, 1.165) is 24.2 Å². The smallest absolute Gasteiger partial charge is 0.224 e. The van der Waals surface area contributed by atoms with Crippen molar-refractivity contribution in [3.63, 3.8) is 0 Å². The molecule has 2 atom stereocenters. The van der Waals surface area contributed by atoms with Crippen LogP contribution in [0.4, 0.5) is 0 Å². The van der Waals surface area contributed by atoms with Gasteiger partial charge in [0.05, 0.1) is 5.41 Å². The van der Waals surface area contributed by atoms with Gasteiger partial charge in [-0.3, -0.25) is 4.79 Å². The van der Waals surface area contributed by atoms with Gasteiger partial charge in [-0.1, -0.05) is 18.2 Å². The van der Waals surface area contributed by atoms with Crippen molar-refractivity contribution >= 4 is 5.91 Å². The van der Waals surface area contributed by atoms with Crippen LogP contribution in [0, 0.1) is 5.41 Å². The van der Waals surface area contributed by atoms with Crippen molar-refractivity contribution in [2.24, 2.45) is 11.1 Å². The molecule has 3 N–H and O–H groups in total. The zero-order valence-electron chi connectivity index (χ0n) is 11.2. The number of fused-ring (bicyclic) bond motifs is 1. The molecule has 102 valence electrons. The summed E-state index contributed by atoms with van der Waals surface area (Å²) in [5, 5.41) is 10.6. The van der Waals surface area contributed by atoms with Crippen LogP contribution in [0.3, 0.4) is 0 Å². The first-order valence-electron chi connectivity index (χ1n) is 6.64. The van der Waals surface area contributed by atoms with E-state index in [1.54, 1.807) is 0 Å². The van der Waals surface area contributed by atoms with Crippen LogP contribution < -0.4 is 10.5 Å². The molecule has 0 aromatic heterocycles. The van der Waals surface area contributed by atoms with Gasteiger partial charge >= 0.3 is 0 Å². The summed E-state index contributed by atoms with van der Waals surface area (Å²) in [6, 6.07) is 7.60. The number of aliphatic hydroxyl groups is 1. The molecule has 0 unspecified atom stereocenters. The Hall–Kier alpha value is -1.55. The Bertz CT molecular complexity index is 534. The fraction of sp³-hybridized carbons (Fsp3) is 0.533. The van der Waals surface area contributed by atoms with Crippen molar-refractivity contribution in [1.82, 2.24) is 0 Å². The Morgan fingerprint density at radius 3 is 2.58 bits per heavy atom. The topological polar surface area (TPSA) is 72.5 Å². The van der Waals surface area contributed by atoms with E-state index in [9.17, 15) is 9.90 Å². The maximum absolute atomic E-state index is 11.8. The SMILES string of the molecule is CC1(C)Oc2ccccc2[C@@H](C2(C(N)=O)CC2)[C@H]1O. The molecule has 1 aromatic rings. The zero-order chi connectivity index (χ0) is 13.8. The minimum absolute atomic E-state index is 0.273. The maximum atomic E-state index is 11.8. The van der Waals surface area contributed by atoms with Gasteiger partial charge in [0.1, 0.15) is 17.5 Å². The molecule has 1 saturated carbocycles. The lowest BCUT2D eigenvalue weighted by molar-refractivity contribution is -0.129. The van der Waals surface area contributed by atoms with Crippen molar-refractivity contribution in [2.45, 2.75) is 44.3 Å². The van der Waals surface area contributed by atoms with E-state index in [0.29, 0.717) is 0 Å². The highest BCUT2D eigenvalue weighted by atomic mass is 16.5. The fourth-order valence-electron chi connectivity index (χ4n) is 3.19. The number of rotatable bonds is 2. The number of nitrogens with two attached hydrogens (primary N) is 1. The third-order valence-electron chi connectivity index (χ3n) is 4.53. The molecule has 2 aliphatic rings. The summed E-state index contributed by atoms with van der Waals surface area (Å²) in [6.45, 7) is 3.69. The van der Waals surface area contributed by atoms with Crippen molar-refractivity contribution in [3.8, 4) is 5.75 Å². The second-order valence-corrected chi connectivity index (χ2v) is 6.19. The van der Waals surface area contributed by atoms with E-state index >= 15 is 0 Å². The van der Waals surface area contributed by atoms with Gasteiger partial charge in [0.25, 0.3) is 0 Å². The van der Waals surface area contributed by atoms with E-state index in [4.69, 9.17) is 10.5 Å². The molecule has 1 aromatic carbocycles. The highest BCUT2D eigenvalue weighted by Crippen LogP contribution is 2.61. The summed E-state index contributed by atoms with van der Waals surface area (Å²) in [5.41, 5.74) is 5.16. The number of benzene rings is 1. The van der Waals surface area contributed by atoms with Crippen molar-refractivity contribution in [1.29, 1.82) is 0 Å². The van der Waals surface area contributed by atoms with Gasteiger partial charge in [-0.2, -0.15) is 0 Å². The molecule has 3 rings (SSSR count). The Labute approximate surface area is 112 Å². The minimum Gasteiger partial charge on any atom is -0.485 e. The second-order valence-electron chi connectivity index (χ2n) is 6.19. The highest BCUT2D eigenvalue weighted by Gasteiger charge is 2.61. The standard InChI is InChI=1S/C15H19NO3/c1-14(2)12(17)11(15(7-8-15)13(16)18)9-5-3-4-6-10(9)19-14/h3-6,11-12,17H,7-8H2,1-2H3,(H2,16,18)/t11-,12-/m1/s1. The van der Waals surface area contributed by atoms with Gasteiger partial charge in [-0.15, -0.1) is 0 Å². The first-order valence-corrected chi connectivity index (χ1v) is 6.64. The molecule has 0 saturated heterocycles. The van der Waals surface area contributed by atoms with Crippen LogP contribution in [0.1, 0.15) is 38.2 Å². The average molecular weight is 261 g/mol. The summed E-state index contributed by atoms with van der Waals surface area (Å²) in [5.74, 6) is 0.157. The quantitative estimate of drug-likeness (QED) is 0.848. The van der Waals surface area contributed by atoms with Gasteiger partial charge in [0.15, 0.2) is 0 Å². The zero-order valence-corrected chi connectivity index (χ0v) is 11.2. The maximum Gasteiger partial charge on any atom is 0.224 e. The van der Waals surface area contributed by atoms with Crippen LogP contribution in [0.5, 0.6) is 5.75 Å². The van der Waals surface area contributed by atoms with Crippen molar-refractivity contribution in [3.05, 3.63) is 29.8 Å². The number of amides is 1. The Balaban J connectivity index is 2.14. The van der Waals surface area contributed by atoms with E-state index in [1.165, 1.54) is 0 Å². The van der Waals surface area contributed by atoms with Crippen LogP contribution in [0.15, 0.2) is 24.3 Å². The van der Waals surface area contributed by atoms with Crippen molar-refractivity contribution in [2.75, 3.05) is 0 Å². The molecule has 1 aliphatic heterocycles. The van der Waals surface area contributed by atoms with Crippen LogP contribution in [-0.4, -0.2) is 22.7 Å². The normalized spacial score (nSPS) is 30.1. The number of aliphatic hydroxyl groups excluding tert-OH is 1. The molecular formula is C15H19NO3. The Morgan fingerprint density at radius 2 is 2.00 bits per heavy atom. The summed E-state index contributed by atoms with van der Waals surface area (Å²) < 4.78 is 5.86. The second kappa shape index (κ2) is 3.73. The third kappa shape index (κ3) is 1.66. The molecule has 0 bridgehead atoms. The molecule has 1 heterocycles. The predicted octanol–water partition coefficient (Wildman–Crippen LogP) is 1.57. The molecular weight excluding hydrogens is 242 g/mol. The van der Waals surface area contributed by atoms with E-state index in [-0.39, 0.29) is 11.8 Å². The van der Waals surface area contributed by atoms with E-state index in [2.05, 4.69) is 0 Å². The largest absolute Gasteiger partial charge is 0.485 e. The average Bonchev–Trinajstić information content (AvgIpc) is 3.11. The molecule has 4 nitrogen and oxygen atoms in total. The molecule has 1 aliphatic carbocycles. The highest BCUT2D eigenvalue weighted by molar-refractivity contribution is 5.85. The monoisotopic (exact) mass is 261 g/mol. The van der Waals surface area contributed by atoms with Crippen molar-refractivity contribution < 1.29 is 14.6 Å². The summed E-state index contributed by atoms with van der Waals surface area (Å²) >= 11 is 0. The number of ether oxygens (including phenoxy) is 1. The Morgan fingerprint density at radius 1 is 1.37 bits per heavy atom. The number of carbonyl (C=O) groups excluding carboxylic acids is 1. The molecule has 4 heteroatoms. The number of carbonyl (C=O) groups is 1. The van der Waals surface area contributed by atoms with Crippen LogP contribution in [0.25, 0.3) is 0 Å². The van der Waals surface area contributed by atoms with Crippen LogP contribution in [0.2, 0.25) is 0 Å². The van der Waals surface area contributed by atoms with Crippen LogP contribution >= 0.6 is 0 Å². The lowest BCUT2D eigenvalue weighted by Gasteiger charge is -2.44. The van der Waals surface area contributed by atoms with Gasteiger partial charge in [-0.05, 0) is 32.8 Å². The van der Waals surface area contributed by atoms with Gasteiger partial charge in [0, 0.05) is 11.5 Å². The molecule has 0 radical (unpaired) electrons. The number of hydrogen-bond donors (Lipinski definition) is 2. The minimum atomic E-state index is -0.739. The first-order chi connectivity index (χ1) is 8.88. The molecule has 0 spiro atoms. The third-order valence-corrected chi connectivity index (χ3v) is 4.53. The Kier molecular flexibility index (Phi) is 2.45. The molecule has 1 amide bonds. The lowest BCUT2D eigenvalue weighted by atomic mass is 9.72. The van der Waals surface area contributed by atoms with E-state index in [1.807, 2.05) is 38.1 Å². The van der Waals surface area contributed by atoms with Gasteiger partial charge in [0.2, 0.25) is 5.91 Å². The van der Waals surface area contributed by atoms with Gasteiger partial charge < -0.3 is 15.6 Å². The summed E-state index contributed by atoms with van der Waals surface area (Å²) in [4.78, 5) is 11.8. The number of hydrogen-bond acceptors (Lipinski definition) is 3.